The fourth-order valence-corrected chi connectivity index (χ4v) is 2.98. The molecule has 0 aliphatic rings. The Morgan fingerprint density at radius 1 is 1.04 bits per heavy atom. The lowest BCUT2D eigenvalue weighted by Crippen LogP contribution is -2.27. The van der Waals surface area contributed by atoms with Gasteiger partial charge in [-0.15, -0.1) is 0 Å². The Hall–Kier alpha value is -2.14. The first-order valence-corrected chi connectivity index (χ1v) is 9.49. The SMILES string of the molecule is COc1ccc(OCCC(=O)NCCSCc2ccc(C)cc2)cc1. The van der Waals surface area contributed by atoms with Gasteiger partial charge < -0.3 is 14.8 Å². The van der Waals surface area contributed by atoms with Gasteiger partial charge in [0.25, 0.3) is 0 Å². The van der Waals surface area contributed by atoms with Crippen molar-refractivity contribution in [1.82, 2.24) is 5.32 Å². The number of benzene rings is 2. The van der Waals surface area contributed by atoms with Crippen LogP contribution in [0.1, 0.15) is 17.5 Å². The molecular formula is C20H25NO3S. The summed E-state index contributed by atoms with van der Waals surface area (Å²) in [6.45, 7) is 3.14. The molecule has 134 valence electrons. The molecule has 0 aliphatic heterocycles. The third kappa shape index (κ3) is 7.52. The van der Waals surface area contributed by atoms with Gasteiger partial charge in [-0.1, -0.05) is 29.8 Å². The van der Waals surface area contributed by atoms with Crippen LogP contribution >= 0.6 is 11.8 Å². The van der Waals surface area contributed by atoms with Crippen LogP contribution in [0.2, 0.25) is 0 Å². The van der Waals surface area contributed by atoms with E-state index in [0.717, 1.165) is 23.0 Å². The first-order chi connectivity index (χ1) is 12.2. The Labute approximate surface area is 153 Å². The molecule has 0 aliphatic carbocycles. The number of rotatable bonds is 10. The van der Waals surface area contributed by atoms with Gasteiger partial charge in [-0.2, -0.15) is 11.8 Å². The number of nitrogens with one attached hydrogen (secondary N) is 1. The maximum Gasteiger partial charge on any atom is 0.223 e. The van der Waals surface area contributed by atoms with E-state index >= 15 is 0 Å². The van der Waals surface area contributed by atoms with Crippen LogP contribution in [0, 0.1) is 6.92 Å². The van der Waals surface area contributed by atoms with E-state index in [-0.39, 0.29) is 5.91 Å². The molecule has 2 aromatic rings. The lowest BCUT2D eigenvalue weighted by atomic mass is 10.2. The summed E-state index contributed by atoms with van der Waals surface area (Å²) in [7, 11) is 1.62. The number of hydrogen-bond donors (Lipinski definition) is 1. The third-order valence-corrected chi connectivity index (χ3v) is 4.65. The molecule has 2 rings (SSSR count). The number of ether oxygens (including phenoxy) is 2. The van der Waals surface area contributed by atoms with Crippen molar-refractivity contribution >= 4 is 17.7 Å². The van der Waals surface area contributed by atoms with Crippen LogP contribution < -0.4 is 14.8 Å². The Balaban J connectivity index is 1.52. The second-order valence-electron chi connectivity index (χ2n) is 5.66. The van der Waals surface area contributed by atoms with Gasteiger partial charge in [-0.25, -0.2) is 0 Å². The highest BCUT2D eigenvalue weighted by Gasteiger charge is 2.02. The molecule has 0 radical (unpaired) electrons. The topological polar surface area (TPSA) is 47.6 Å². The van der Waals surface area contributed by atoms with Crippen LogP contribution in [0.4, 0.5) is 0 Å². The van der Waals surface area contributed by atoms with Crippen LogP contribution in [0.25, 0.3) is 0 Å². The van der Waals surface area contributed by atoms with Crippen LogP contribution in [-0.2, 0) is 10.5 Å². The van der Waals surface area contributed by atoms with Gasteiger partial charge in [0, 0.05) is 18.1 Å². The molecule has 0 aromatic heterocycles. The first-order valence-electron chi connectivity index (χ1n) is 8.34. The van der Waals surface area contributed by atoms with E-state index in [1.807, 2.05) is 36.0 Å². The molecule has 2 aromatic carbocycles. The molecule has 0 bridgehead atoms. The Morgan fingerprint density at radius 3 is 2.40 bits per heavy atom. The van der Waals surface area contributed by atoms with Crippen molar-refractivity contribution in [3.05, 3.63) is 59.7 Å². The normalized spacial score (nSPS) is 10.3. The molecule has 0 saturated carbocycles. The first kappa shape index (κ1) is 19.2. The average molecular weight is 359 g/mol. The second-order valence-corrected chi connectivity index (χ2v) is 6.77. The average Bonchev–Trinajstić information content (AvgIpc) is 2.63. The maximum atomic E-state index is 11.8. The Morgan fingerprint density at radius 2 is 1.72 bits per heavy atom. The minimum Gasteiger partial charge on any atom is -0.497 e. The van der Waals surface area contributed by atoms with Gasteiger partial charge in [0.05, 0.1) is 20.1 Å². The summed E-state index contributed by atoms with van der Waals surface area (Å²) in [6.07, 6.45) is 0.356. The van der Waals surface area contributed by atoms with Crippen molar-refractivity contribution in [1.29, 1.82) is 0 Å². The number of thioether (sulfide) groups is 1. The summed E-state index contributed by atoms with van der Waals surface area (Å²) >= 11 is 1.82. The van der Waals surface area contributed by atoms with Crippen molar-refractivity contribution in [2.24, 2.45) is 0 Å². The molecular weight excluding hydrogens is 334 g/mol. The van der Waals surface area contributed by atoms with Crippen LogP contribution in [-0.4, -0.2) is 31.9 Å². The van der Waals surface area contributed by atoms with Gasteiger partial charge in [0.1, 0.15) is 11.5 Å². The Bertz CT molecular complexity index is 641. The highest BCUT2D eigenvalue weighted by atomic mass is 32.2. The van der Waals surface area contributed by atoms with Crippen LogP contribution in [0.15, 0.2) is 48.5 Å². The molecule has 5 heteroatoms. The largest absolute Gasteiger partial charge is 0.497 e. The second kappa shape index (κ2) is 10.7. The number of carbonyl (C=O) groups is 1. The van der Waals surface area contributed by atoms with Crippen molar-refractivity contribution in [3.63, 3.8) is 0 Å². The monoisotopic (exact) mass is 359 g/mol. The zero-order valence-corrected chi connectivity index (χ0v) is 15.6. The number of aryl methyl sites for hydroxylation is 1. The van der Waals surface area contributed by atoms with E-state index < -0.39 is 0 Å². The van der Waals surface area contributed by atoms with Gasteiger partial charge in [0.15, 0.2) is 0 Å². The summed E-state index contributed by atoms with van der Waals surface area (Å²) in [6, 6.07) is 15.9. The fourth-order valence-electron chi connectivity index (χ4n) is 2.16. The summed E-state index contributed by atoms with van der Waals surface area (Å²) in [4.78, 5) is 11.8. The summed E-state index contributed by atoms with van der Waals surface area (Å²) in [5.41, 5.74) is 2.59. The maximum absolute atomic E-state index is 11.8. The number of amides is 1. The number of hydrogen-bond acceptors (Lipinski definition) is 4. The summed E-state index contributed by atoms with van der Waals surface area (Å²) < 4.78 is 10.6. The van der Waals surface area contributed by atoms with E-state index in [1.165, 1.54) is 11.1 Å². The smallest absolute Gasteiger partial charge is 0.223 e. The highest BCUT2D eigenvalue weighted by molar-refractivity contribution is 7.98. The van der Waals surface area contributed by atoms with Crippen molar-refractivity contribution in [2.75, 3.05) is 26.0 Å². The molecule has 1 N–H and O–H groups in total. The predicted molar refractivity (Wildman–Crippen MR) is 103 cm³/mol. The predicted octanol–water partition coefficient (Wildman–Crippen LogP) is 3.82. The zero-order chi connectivity index (χ0) is 17.9. The number of carbonyl (C=O) groups excluding carboxylic acids is 1. The quantitative estimate of drug-likeness (QED) is 0.655. The summed E-state index contributed by atoms with van der Waals surface area (Å²) in [5.74, 6) is 3.41. The highest BCUT2D eigenvalue weighted by Crippen LogP contribution is 2.17. The van der Waals surface area contributed by atoms with E-state index in [0.29, 0.717) is 19.6 Å². The third-order valence-electron chi connectivity index (χ3n) is 3.62. The van der Waals surface area contributed by atoms with Gasteiger partial charge in [0.2, 0.25) is 5.91 Å². The minimum absolute atomic E-state index is 0.0180. The molecule has 0 spiro atoms. The van der Waals surface area contributed by atoms with Crippen LogP contribution in [0.5, 0.6) is 11.5 Å². The minimum atomic E-state index is 0.0180. The van der Waals surface area contributed by atoms with Gasteiger partial charge in [-0.05, 0) is 36.8 Å². The van der Waals surface area contributed by atoms with Gasteiger partial charge >= 0.3 is 0 Å². The molecule has 0 fully saturated rings. The van der Waals surface area contributed by atoms with Crippen molar-refractivity contribution in [2.45, 2.75) is 19.1 Å². The lowest BCUT2D eigenvalue weighted by molar-refractivity contribution is -0.121. The molecule has 1 amide bonds. The van der Waals surface area contributed by atoms with Crippen molar-refractivity contribution < 1.29 is 14.3 Å². The fraction of sp³-hybridized carbons (Fsp3) is 0.350. The molecule has 4 nitrogen and oxygen atoms in total. The number of methoxy groups -OCH3 is 1. The Kier molecular flexibility index (Phi) is 8.19. The molecule has 0 heterocycles. The molecule has 25 heavy (non-hydrogen) atoms. The molecule has 0 atom stereocenters. The lowest BCUT2D eigenvalue weighted by Gasteiger charge is -2.08. The van der Waals surface area contributed by atoms with Gasteiger partial charge in [-0.3, -0.25) is 4.79 Å². The summed E-state index contributed by atoms with van der Waals surface area (Å²) in [5, 5.41) is 2.92. The van der Waals surface area contributed by atoms with E-state index in [9.17, 15) is 4.79 Å². The van der Waals surface area contributed by atoms with E-state index in [1.54, 1.807) is 7.11 Å². The zero-order valence-electron chi connectivity index (χ0n) is 14.8. The standard InChI is InChI=1S/C20H25NO3S/c1-16-3-5-17(6-4-16)15-25-14-12-21-20(22)11-13-24-19-9-7-18(23-2)8-10-19/h3-10H,11-15H2,1-2H3,(H,21,22). The van der Waals surface area contributed by atoms with Crippen LogP contribution in [0.3, 0.4) is 0 Å². The van der Waals surface area contributed by atoms with Crippen molar-refractivity contribution in [3.8, 4) is 11.5 Å². The molecule has 0 unspecified atom stereocenters. The molecule has 0 saturated heterocycles. The van der Waals surface area contributed by atoms with E-state index in [2.05, 4.69) is 36.5 Å². The van der Waals surface area contributed by atoms with E-state index in [4.69, 9.17) is 9.47 Å².